The first kappa shape index (κ1) is 18.9. The highest BCUT2D eigenvalue weighted by Crippen LogP contribution is 2.17. The van der Waals surface area contributed by atoms with Crippen molar-refractivity contribution >= 4 is 11.8 Å². The van der Waals surface area contributed by atoms with Gasteiger partial charge in [-0.15, -0.1) is 0 Å². The highest BCUT2D eigenvalue weighted by molar-refractivity contribution is 5.97. The molecule has 0 bridgehead atoms. The number of carbonyl (C=O) groups is 2. The van der Waals surface area contributed by atoms with Crippen LogP contribution in [0.2, 0.25) is 0 Å². The lowest BCUT2D eigenvalue weighted by atomic mass is 10.2. The number of hydrogen-bond donors (Lipinski definition) is 2. The van der Waals surface area contributed by atoms with E-state index in [1.807, 2.05) is 0 Å². The molecule has 0 aliphatic heterocycles. The van der Waals surface area contributed by atoms with E-state index in [1.165, 1.54) is 4.90 Å². The van der Waals surface area contributed by atoms with Crippen molar-refractivity contribution in [2.75, 3.05) is 54.1 Å². The van der Waals surface area contributed by atoms with Gasteiger partial charge in [-0.05, 0) is 12.1 Å². The maximum absolute atomic E-state index is 12.2. The van der Waals surface area contributed by atoms with Crippen LogP contribution in [0.25, 0.3) is 0 Å². The van der Waals surface area contributed by atoms with Crippen molar-refractivity contribution in [1.29, 1.82) is 0 Å². The molecule has 0 radical (unpaired) electrons. The molecule has 0 fully saturated rings. The van der Waals surface area contributed by atoms with Gasteiger partial charge in [-0.1, -0.05) is 12.1 Å². The number of benzene rings is 1. The first-order valence-electron chi connectivity index (χ1n) is 7.46. The first-order chi connectivity index (χ1) is 11.1. The zero-order valence-electron chi connectivity index (χ0n) is 13.9. The Morgan fingerprint density at radius 3 is 2.57 bits per heavy atom. The molecule has 0 saturated heterocycles. The van der Waals surface area contributed by atoms with Crippen LogP contribution in [0.1, 0.15) is 10.4 Å². The van der Waals surface area contributed by atoms with Gasteiger partial charge in [0.2, 0.25) is 0 Å². The molecule has 2 amide bonds. The molecule has 0 aliphatic rings. The second-order valence-electron chi connectivity index (χ2n) is 5.07. The molecule has 2 N–H and O–H groups in total. The van der Waals surface area contributed by atoms with E-state index in [0.717, 1.165) is 6.54 Å². The minimum Gasteiger partial charge on any atom is -0.483 e. The summed E-state index contributed by atoms with van der Waals surface area (Å²) in [4.78, 5) is 25.2. The summed E-state index contributed by atoms with van der Waals surface area (Å²) in [6, 6.07) is 6.86. The average molecular weight is 323 g/mol. The largest absolute Gasteiger partial charge is 0.483 e. The van der Waals surface area contributed by atoms with Crippen molar-refractivity contribution in [2.24, 2.45) is 0 Å². The van der Waals surface area contributed by atoms with Gasteiger partial charge in [0.25, 0.3) is 11.8 Å². The van der Waals surface area contributed by atoms with Crippen molar-refractivity contribution < 1.29 is 19.1 Å². The van der Waals surface area contributed by atoms with Crippen molar-refractivity contribution in [3.8, 4) is 5.75 Å². The molecule has 0 aliphatic carbocycles. The monoisotopic (exact) mass is 323 g/mol. The highest BCUT2D eigenvalue weighted by atomic mass is 16.5. The summed E-state index contributed by atoms with van der Waals surface area (Å²) in [5.74, 6) is 0.00143. The lowest BCUT2D eigenvalue weighted by molar-refractivity contribution is -0.130. The number of ether oxygens (including phenoxy) is 2. The van der Waals surface area contributed by atoms with Crippen LogP contribution in [0, 0.1) is 0 Å². The number of rotatable bonds is 10. The topological polar surface area (TPSA) is 79.9 Å². The summed E-state index contributed by atoms with van der Waals surface area (Å²) in [5.41, 5.74) is 0.413. The predicted molar refractivity (Wildman–Crippen MR) is 87.7 cm³/mol. The lowest BCUT2D eigenvalue weighted by Crippen LogP contribution is -2.33. The predicted octanol–water partition coefficient (Wildman–Crippen LogP) is 0.119. The number of amides is 2. The third-order valence-corrected chi connectivity index (χ3v) is 3.05. The summed E-state index contributed by atoms with van der Waals surface area (Å²) in [6.45, 7) is 2.41. The van der Waals surface area contributed by atoms with Crippen LogP contribution < -0.4 is 15.4 Å². The molecule has 0 saturated carbocycles. The van der Waals surface area contributed by atoms with Gasteiger partial charge in [0, 0.05) is 40.8 Å². The maximum Gasteiger partial charge on any atom is 0.259 e. The van der Waals surface area contributed by atoms with Gasteiger partial charge >= 0.3 is 0 Å². The third kappa shape index (κ3) is 7.12. The van der Waals surface area contributed by atoms with Crippen molar-refractivity contribution in [2.45, 2.75) is 0 Å². The molecule has 1 aromatic carbocycles. The van der Waals surface area contributed by atoms with Gasteiger partial charge < -0.3 is 25.0 Å². The van der Waals surface area contributed by atoms with E-state index >= 15 is 0 Å². The quantitative estimate of drug-likeness (QED) is 0.598. The van der Waals surface area contributed by atoms with Crippen LogP contribution in [-0.4, -0.2) is 70.8 Å². The fourth-order valence-corrected chi connectivity index (χ4v) is 1.71. The normalized spacial score (nSPS) is 10.2. The molecule has 0 aromatic heterocycles. The molecule has 7 nitrogen and oxygen atoms in total. The number of nitrogens with zero attached hydrogens (tertiary/aromatic N) is 1. The van der Waals surface area contributed by atoms with E-state index in [0.29, 0.717) is 31.0 Å². The molecule has 1 aromatic rings. The summed E-state index contributed by atoms with van der Waals surface area (Å²) in [5, 5.41) is 5.95. The average Bonchev–Trinajstić information content (AvgIpc) is 2.55. The van der Waals surface area contributed by atoms with Gasteiger partial charge in [0.1, 0.15) is 5.75 Å². The van der Waals surface area contributed by atoms with Crippen LogP contribution >= 0.6 is 0 Å². The van der Waals surface area contributed by atoms with Crippen molar-refractivity contribution in [3.63, 3.8) is 0 Å². The van der Waals surface area contributed by atoms with Gasteiger partial charge in [0.15, 0.2) is 6.61 Å². The van der Waals surface area contributed by atoms with Gasteiger partial charge in [-0.2, -0.15) is 0 Å². The van der Waals surface area contributed by atoms with E-state index in [2.05, 4.69) is 10.6 Å². The molecule has 23 heavy (non-hydrogen) atoms. The molecular formula is C16H25N3O4. The van der Waals surface area contributed by atoms with Gasteiger partial charge in [-0.3, -0.25) is 9.59 Å². The molecule has 0 spiro atoms. The molecule has 0 atom stereocenters. The van der Waals surface area contributed by atoms with Crippen molar-refractivity contribution in [3.05, 3.63) is 29.8 Å². The fourth-order valence-electron chi connectivity index (χ4n) is 1.71. The molecular weight excluding hydrogens is 298 g/mol. The molecule has 7 heteroatoms. The maximum atomic E-state index is 12.2. The SMILES string of the molecule is COCCNCCNC(=O)c1ccccc1OCC(=O)N(C)C. The molecule has 1 rings (SSSR count). The zero-order chi connectivity index (χ0) is 17.1. The summed E-state index contributed by atoms with van der Waals surface area (Å²) < 4.78 is 10.4. The van der Waals surface area contributed by atoms with E-state index < -0.39 is 0 Å². The number of methoxy groups -OCH3 is 1. The van der Waals surface area contributed by atoms with Crippen LogP contribution in [0.4, 0.5) is 0 Å². The number of nitrogens with one attached hydrogen (secondary N) is 2. The zero-order valence-corrected chi connectivity index (χ0v) is 13.9. The van der Waals surface area contributed by atoms with Gasteiger partial charge in [-0.25, -0.2) is 0 Å². The Labute approximate surface area is 136 Å². The summed E-state index contributed by atoms with van der Waals surface area (Å²) >= 11 is 0. The van der Waals surface area contributed by atoms with Crippen molar-refractivity contribution in [1.82, 2.24) is 15.5 Å². The van der Waals surface area contributed by atoms with Crippen LogP contribution in [0.5, 0.6) is 5.75 Å². The summed E-state index contributed by atoms with van der Waals surface area (Å²) in [6.07, 6.45) is 0. The first-order valence-corrected chi connectivity index (χ1v) is 7.46. The highest BCUT2D eigenvalue weighted by Gasteiger charge is 2.13. The Balaban J connectivity index is 2.48. The second-order valence-corrected chi connectivity index (χ2v) is 5.07. The standard InChI is InChI=1S/C16H25N3O4/c1-19(2)15(20)12-23-14-7-5-4-6-13(14)16(21)18-9-8-17-10-11-22-3/h4-7,17H,8-12H2,1-3H3,(H,18,21). The Bertz CT molecular complexity index is 506. The Hall–Kier alpha value is -2.12. The van der Waals surface area contributed by atoms with Crippen LogP contribution in [-0.2, 0) is 9.53 Å². The van der Waals surface area contributed by atoms with Gasteiger partial charge in [0.05, 0.1) is 12.2 Å². The number of hydrogen-bond acceptors (Lipinski definition) is 5. The van der Waals surface area contributed by atoms with E-state index in [9.17, 15) is 9.59 Å². The lowest BCUT2D eigenvalue weighted by Gasteiger charge is -2.14. The number of likely N-dealkylation sites (N-methyl/N-ethyl adjacent to an activating group) is 1. The number of para-hydroxylation sites is 1. The van der Waals surface area contributed by atoms with E-state index in [4.69, 9.17) is 9.47 Å². The molecule has 0 heterocycles. The summed E-state index contributed by atoms with van der Waals surface area (Å²) in [7, 11) is 4.95. The smallest absolute Gasteiger partial charge is 0.259 e. The Kier molecular flexibility index (Phi) is 8.71. The minimum atomic E-state index is -0.230. The third-order valence-electron chi connectivity index (χ3n) is 3.05. The molecule has 128 valence electrons. The minimum absolute atomic E-state index is 0.101. The van der Waals surface area contributed by atoms with E-state index in [-0.39, 0.29) is 18.4 Å². The fraction of sp³-hybridized carbons (Fsp3) is 0.500. The van der Waals surface area contributed by atoms with Crippen LogP contribution in [0.3, 0.4) is 0 Å². The molecule has 0 unspecified atom stereocenters. The Morgan fingerprint density at radius 1 is 1.13 bits per heavy atom. The number of carbonyl (C=O) groups excluding carboxylic acids is 2. The van der Waals surface area contributed by atoms with Crippen LogP contribution in [0.15, 0.2) is 24.3 Å². The van der Waals surface area contributed by atoms with E-state index in [1.54, 1.807) is 45.5 Å². The Morgan fingerprint density at radius 2 is 1.87 bits per heavy atom. The second kappa shape index (κ2) is 10.6.